The van der Waals surface area contributed by atoms with E-state index >= 15 is 0 Å². The van der Waals surface area contributed by atoms with E-state index in [0.29, 0.717) is 32.8 Å². The third kappa shape index (κ3) is 5.14. The van der Waals surface area contributed by atoms with Crippen LogP contribution < -0.4 is 4.74 Å². The molecule has 0 N–H and O–H groups in total. The molecule has 0 aromatic heterocycles. The first-order valence-electron chi connectivity index (χ1n) is 9.66. The molecule has 9 heteroatoms. The predicted octanol–water partition coefficient (Wildman–Crippen LogP) is 3.04. The molecule has 0 spiro atoms. The zero-order valence-corrected chi connectivity index (χ0v) is 17.4. The fourth-order valence-corrected chi connectivity index (χ4v) is 4.02. The summed E-state index contributed by atoms with van der Waals surface area (Å²) in [6, 6.07) is 12.6. The number of carbonyl (C=O) groups is 1. The summed E-state index contributed by atoms with van der Waals surface area (Å²) in [6.07, 6.45) is 0. The molecule has 1 heterocycles. The molecule has 0 bridgehead atoms. The second-order valence-electron chi connectivity index (χ2n) is 6.98. The number of sulfone groups is 1. The van der Waals surface area contributed by atoms with Crippen molar-refractivity contribution in [3.63, 3.8) is 0 Å². The van der Waals surface area contributed by atoms with Crippen molar-refractivity contribution in [2.75, 3.05) is 32.8 Å². The van der Waals surface area contributed by atoms with Crippen LogP contribution in [0, 0.1) is 0 Å². The predicted molar refractivity (Wildman–Crippen MR) is 108 cm³/mol. The van der Waals surface area contributed by atoms with Crippen LogP contribution in [-0.4, -0.2) is 62.7 Å². The fraction of sp³-hybridized carbons (Fsp3) is 0.381. The molecule has 2 aromatic rings. The van der Waals surface area contributed by atoms with Gasteiger partial charge in [-0.05, 0) is 48.9 Å². The normalized spacial score (nSPS) is 15.4. The van der Waals surface area contributed by atoms with E-state index in [9.17, 15) is 22.0 Å². The average Bonchev–Trinajstić information content (AvgIpc) is 2.75. The molecule has 0 aliphatic carbocycles. The van der Waals surface area contributed by atoms with Crippen molar-refractivity contribution in [1.29, 1.82) is 0 Å². The summed E-state index contributed by atoms with van der Waals surface area (Å²) >= 11 is 0. The van der Waals surface area contributed by atoms with Crippen LogP contribution in [0.3, 0.4) is 0 Å². The lowest BCUT2D eigenvalue weighted by Crippen LogP contribution is -2.48. The van der Waals surface area contributed by atoms with Crippen LogP contribution in [0.25, 0.3) is 0 Å². The maximum atomic E-state index is 12.7. The number of hydrogen-bond acceptors (Lipinski definition) is 5. The molecule has 0 radical (unpaired) electrons. The highest BCUT2D eigenvalue weighted by atomic mass is 32.2. The fourth-order valence-electron chi connectivity index (χ4n) is 3.30. The Labute approximate surface area is 175 Å². The number of piperazine rings is 1. The molecule has 162 valence electrons. The minimum absolute atomic E-state index is 0.239. The summed E-state index contributed by atoms with van der Waals surface area (Å²) in [5, 5.41) is 0. The van der Waals surface area contributed by atoms with Crippen LogP contribution in [0.5, 0.6) is 5.75 Å². The van der Waals surface area contributed by atoms with Gasteiger partial charge in [0, 0.05) is 38.3 Å². The number of amides is 1. The Kier molecular flexibility index (Phi) is 7.04. The summed E-state index contributed by atoms with van der Waals surface area (Å²) in [4.78, 5) is 16.1. The van der Waals surface area contributed by atoms with Crippen LogP contribution in [0.1, 0.15) is 22.8 Å². The van der Waals surface area contributed by atoms with Crippen molar-refractivity contribution >= 4 is 15.7 Å². The molecule has 3 rings (SSSR count). The monoisotopic (exact) mass is 438 g/mol. The number of ether oxygens (including phenoxy) is 1. The van der Waals surface area contributed by atoms with E-state index in [1.807, 2.05) is 31.2 Å². The van der Waals surface area contributed by atoms with Crippen LogP contribution in [0.15, 0.2) is 53.4 Å². The first-order chi connectivity index (χ1) is 14.3. The number of rotatable bonds is 7. The SMILES string of the molecule is CCOc1ccc(CN2CCN(C(=O)c3ccc(S(=O)(=O)C(F)F)cc3)CC2)cc1. The first-order valence-corrected chi connectivity index (χ1v) is 11.2. The number of benzene rings is 2. The van der Waals surface area contributed by atoms with E-state index in [0.717, 1.165) is 30.0 Å². The quantitative estimate of drug-likeness (QED) is 0.665. The minimum Gasteiger partial charge on any atom is -0.494 e. The molecule has 1 amide bonds. The first kappa shape index (κ1) is 22.2. The Balaban J connectivity index is 1.55. The standard InChI is InChI=1S/C21H24F2N2O4S/c1-2-29-18-7-3-16(4-8-18)15-24-11-13-25(14-12-24)20(26)17-5-9-19(10-6-17)30(27,28)21(22)23/h3-10,21H,2,11-15H2,1H3. The third-order valence-corrected chi connectivity index (χ3v) is 6.36. The molecule has 1 aliphatic rings. The summed E-state index contributed by atoms with van der Waals surface area (Å²) < 4.78 is 53.7. The van der Waals surface area contributed by atoms with Gasteiger partial charge in [0.05, 0.1) is 11.5 Å². The number of hydrogen-bond donors (Lipinski definition) is 0. The molecule has 0 atom stereocenters. The van der Waals surface area contributed by atoms with Crippen LogP contribution >= 0.6 is 0 Å². The van der Waals surface area contributed by atoms with Gasteiger partial charge in [-0.1, -0.05) is 12.1 Å². The van der Waals surface area contributed by atoms with E-state index in [1.165, 1.54) is 12.1 Å². The van der Waals surface area contributed by atoms with Crippen LogP contribution in [-0.2, 0) is 16.4 Å². The second kappa shape index (κ2) is 9.53. The largest absolute Gasteiger partial charge is 0.494 e. The Morgan fingerprint density at radius 3 is 2.13 bits per heavy atom. The number of alkyl halides is 2. The van der Waals surface area contributed by atoms with Crippen LogP contribution in [0.2, 0.25) is 0 Å². The van der Waals surface area contributed by atoms with Gasteiger partial charge in [-0.15, -0.1) is 0 Å². The molecule has 0 saturated carbocycles. The van der Waals surface area contributed by atoms with E-state index in [1.54, 1.807) is 4.90 Å². The summed E-state index contributed by atoms with van der Waals surface area (Å²) in [6.45, 7) is 5.82. The van der Waals surface area contributed by atoms with Crippen molar-refractivity contribution < 1.29 is 26.7 Å². The van der Waals surface area contributed by atoms with Gasteiger partial charge in [-0.25, -0.2) is 8.42 Å². The molecule has 6 nitrogen and oxygen atoms in total. The Bertz CT molecular complexity index is 956. The van der Waals surface area contributed by atoms with Gasteiger partial charge in [0.1, 0.15) is 5.75 Å². The van der Waals surface area contributed by atoms with E-state index in [4.69, 9.17) is 4.74 Å². The van der Waals surface area contributed by atoms with Crippen molar-refractivity contribution in [2.45, 2.75) is 24.1 Å². The Hall–Kier alpha value is -2.52. The van der Waals surface area contributed by atoms with Gasteiger partial charge in [-0.2, -0.15) is 8.78 Å². The smallest absolute Gasteiger partial charge is 0.341 e. The number of nitrogens with zero attached hydrogens (tertiary/aromatic N) is 2. The van der Waals surface area contributed by atoms with Crippen molar-refractivity contribution in [1.82, 2.24) is 9.80 Å². The van der Waals surface area contributed by atoms with Gasteiger partial charge in [-0.3, -0.25) is 9.69 Å². The lowest BCUT2D eigenvalue weighted by atomic mass is 10.1. The number of halogens is 2. The highest BCUT2D eigenvalue weighted by Crippen LogP contribution is 2.20. The lowest BCUT2D eigenvalue weighted by molar-refractivity contribution is 0.0628. The number of carbonyl (C=O) groups excluding carboxylic acids is 1. The Morgan fingerprint density at radius 1 is 1.00 bits per heavy atom. The molecular weight excluding hydrogens is 414 g/mol. The topological polar surface area (TPSA) is 66.9 Å². The summed E-state index contributed by atoms with van der Waals surface area (Å²) in [7, 11) is -4.66. The molecule has 1 aliphatic heterocycles. The summed E-state index contributed by atoms with van der Waals surface area (Å²) in [5.74, 6) is -2.89. The van der Waals surface area contributed by atoms with Gasteiger partial charge >= 0.3 is 5.76 Å². The molecule has 1 saturated heterocycles. The van der Waals surface area contributed by atoms with Gasteiger partial charge in [0.25, 0.3) is 5.91 Å². The summed E-state index contributed by atoms with van der Waals surface area (Å²) in [5.41, 5.74) is 1.44. The van der Waals surface area contributed by atoms with E-state index < -0.39 is 20.5 Å². The maximum Gasteiger partial charge on any atom is 0.341 e. The molecule has 30 heavy (non-hydrogen) atoms. The zero-order valence-electron chi connectivity index (χ0n) is 16.6. The average molecular weight is 438 g/mol. The van der Waals surface area contributed by atoms with Crippen molar-refractivity contribution in [3.05, 3.63) is 59.7 Å². The van der Waals surface area contributed by atoms with Gasteiger partial charge in [0.15, 0.2) is 0 Å². The Morgan fingerprint density at radius 2 is 1.60 bits per heavy atom. The molecule has 1 fully saturated rings. The van der Waals surface area contributed by atoms with Gasteiger partial charge < -0.3 is 9.64 Å². The van der Waals surface area contributed by atoms with E-state index in [2.05, 4.69) is 4.90 Å². The second-order valence-corrected chi connectivity index (χ2v) is 8.89. The minimum atomic E-state index is -4.66. The molecular formula is C21H24F2N2O4S. The van der Waals surface area contributed by atoms with Crippen molar-refractivity contribution in [3.8, 4) is 5.75 Å². The van der Waals surface area contributed by atoms with Crippen molar-refractivity contribution in [2.24, 2.45) is 0 Å². The van der Waals surface area contributed by atoms with Gasteiger partial charge in [0.2, 0.25) is 9.84 Å². The maximum absolute atomic E-state index is 12.7. The third-order valence-electron chi connectivity index (χ3n) is 4.96. The zero-order chi connectivity index (χ0) is 21.7. The lowest BCUT2D eigenvalue weighted by Gasteiger charge is -2.34. The highest BCUT2D eigenvalue weighted by Gasteiger charge is 2.27. The highest BCUT2D eigenvalue weighted by molar-refractivity contribution is 7.91. The molecule has 2 aromatic carbocycles. The molecule has 0 unspecified atom stereocenters. The van der Waals surface area contributed by atoms with Crippen LogP contribution in [0.4, 0.5) is 8.78 Å². The van der Waals surface area contributed by atoms with E-state index in [-0.39, 0.29) is 11.5 Å².